The van der Waals surface area contributed by atoms with Crippen LogP contribution in [0.25, 0.3) is 22.3 Å². The Labute approximate surface area is 217 Å². The zero-order chi connectivity index (χ0) is 26.0. The summed E-state index contributed by atoms with van der Waals surface area (Å²) in [6.45, 7) is 0. The summed E-state index contributed by atoms with van der Waals surface area (Å²) in [6.07, 6.45) is 9.42. The highest BCUT2D eigenvalue weighted by atomic mass is 19.1. The van der Waals surface area contributed by atoms with Crippen molar-refractivity contribution in [1.29, 1.82) is 0 Å². The van der Waals surface area contributed by atoms with Gasteiger partial charge in [-0.3, -0.25) is 0 Å². The van der Waals surface area contributed by atoms with Crippen molar-refractivity contribution in [2.75, 3.05) is 0 Å². The molecule has 0 saturated heterocycles. The lowest BCUT2D eigenvalue weighted by molar-refractivity contribution is 0.576. The maximum atomic E-state index is 14.5. The van der Waals surface area contributed by atoms with E-state index in [1.165, 1.54) is 24.3 Å². The van der Waals surface area contributed by atoms with Crippen molar-refractivity contribution < 1.29 is 17.6 Å². The van der Waals surface area contributed by atoms with Crippen LogP contribution in [0.2, 0.25) is 0 Å². The molecule has 0 aliphatic rings. The molecule has 0 unspecified atom stereocenters. The molecule has 0 bridgehead atoms. The first-order valence-electron chi connectivity index (χ1n) is 13.1. The first kappa shape index (κ1) is 26.7. The van der Waals surface area contributed by atoms with E-state index in [4.69, 9.17) is 0 Å². The lowest BCUT2D eigenvalue weighted by Crippen LogP contribution is -1.92. The third-order valence-electron chi connectivity index (χ3n) is 6.81. The second-order valence-electron chi connectivity index (χ2n) is 9.62. The molecule has 37 heavy (non-hydrogen) atoms. The molecule has 0 amide bonds. The van der Waals surface area contributed by atoms with E-state index in [0.29, 0.717) is 22.3 Å². The quantitative estimate of drug-likeness (QED) is 0.133. The number of halogens is 4. The SMILES string of the molecule is Fc1ccc(-c2ccc(CCCCCCCCCc3ccc(-c4ccc(F)cc4)c(F)c3)cc2F)cc1. The normalized spacial score (nSPS) is 11.1. The van der Waals surface area contributed by atoms with Gasteiger partial charge in [-0.05, 0) is 84.3 Å². The van der Waals surface area contributed by atoms with Crippen LogP contribution in [-0.2, 0) is 12.8 Å². The van der Waals surface area contributed by atoms with Crippen LogP contribution in [0.1, 0.15) is 56.1 Å². The molecule has 4 rings (SSSR count). The number of hydrogen-bond donors (Lipinski definition) is 0. The van der Waals surface area contributed by atoms with Crippen molar-refractivity contribution in [1.82, 2.24) is 0 Å². The molecule has 4 aromatic rings. The number of hydrogen-bond acceptors (Lipinski definition) is 0. The largest absolute Gasteiger partial charge is 0.207 e. The molecule has 0 saturated carbocycles. The Bertz CT molecular complexity index is 1180. The van der Waals surface area contributed by atoms with E-state index < -0.39 is 0 Å². The van der Waals surface area contributed by atoms with Crippen LogP contribution in [0.5, 0.6) is 0 Å². The van der Waals surface area contributed by atoms with Crippen molar-refractivity contribution in [3.8, 4) is 22.3 Å². The fourth-order valence-corrected chi connectivity index (χ4v) is 4.70. The Kier molecular flexibility index (Phi) is 9.53. The first-order chi connectivity index (χ1) is 18.0. The maximum Gasteiger partial charge on any atom is 0.131 e. The monoisotopic (exact) mass is 504 g/mol. The maximum absolute atomic E-state index is 14.5. The molecule has 0 aliphatic heterocycles. The van der Waals surface area contributed by atoms with E-state index in [-0.39, 0.29) is 23.3 Å². The van der Waals surface area contributed by atoms with Crippen molar-refractivity contribution in [3.63, 3.8) is 0 Å². The summed E-state index contributed by atoms with van der Waals surface area (Å²) in [5, 5.41) is 0. The average Bonchev–Trinajstić information content (AvgIpc) is 2.89. The number of benzene rings is 4. The third-order valence-corrected chi connectivity index (χ3v) is 6.81. The van der Waals surface area contributed by atoms with Crippen LogP contribution < -0.4 is 0 Å². The van der Waals surface area contributed by atoms with E-state index in [1.807, 2.05) is 12.1 Å². The second-order valence-corrected chi connectivity index (χ2v) is 9.62. The minimum atomic E-state index is -0.328. The molecule has 0 fully saturated rings. The Morgan fingerprint density at radius 3 is 1.08 bits per heavy atom. The zero-order valence-corrected chi connectivity index (χ0v) is 21.0. The van der Waals surface area contributed by atoms with E-state index >= 15 is 0 Å². The third kappa shape index (κ3) is 7.79. The molecule has 0 nitrogen and oxygen atoms in total. The lowest BCUT2D eigenvalue weighted by atomic mass is 9.99. The highest BCUT2D eigenvalue weighted by Crippen LogP contribution is 2.26. The van der Waals surface area contributed by atoms with Gasteiger partial charge in [0.05, 0.1) is 0 Å². The van der Waals surface area contributed by atoms with Crippen LogP contribution in [0.15, 0.2) is 84.9 Å². The van der Waals surface area contributed by atoms with E-state index in [2.05, 4.69) is 0 Å². The van der Waals surface area contributed by atoms with Gasteiger partial charge in [0.1, 0.15) is 23.3 Å². The molecule has 4 aromatic carbocycles. The van der Waals surface area contributed by atoms with Crippen LogP contribution in [0.4, 0.5) is 17.6 Å². The fraction of sp³-hybridized carbons (Fsp3) is 0.273. The molecule has 0 aliphatic carbocycles. The van der Waals surface area contributed by atoms with Gasteiger partial charge in [0.2, 0.25) is 0 Å². The van der Waals surface area contributed by atoms with Gasteiger partial charge in [0.25, 0.3) is 0 Å². The Hall–Kier alpha value is -3.40. The molecule has 0 N–H and O–H groups in total. The van der Waals surface area contributed by atoms with E-state index in [0.717, 1.165) is 68.9 Å². The van der Waals surface area contributed by atoms with Crippen LogP contribution in [0.3, 0.4) is 0 Å². The van der Waals surface area contributed by atoms with Crippen LogP contribution in [-0.4, -0.2) is 0 Å². The molecule has 4 heteroatoms. The zero-order valence-electron chi connectivity index (χ0n) is 21.0. The van der Waals surface area contributed by atoms with Crippen molar-refractivity contribution in [3.05, 3.63) is 119 Å². The summed E-state index contributed by atoms with van der Waals surface area (Å²) in [4.78, 5) is 0. The van der Waals surface area contributed by atoms with E-state index in [9.17, 15) is 17.6 Å². The summed E-state index contributed by atoms with van der Waals surface area (Å²) in [6, 6.07) is 22.4. The van der Waals surface area contributed by atoms with E-state index in [1.54, 1.807) is 48.5 Å². The topological polar surface area (TPSA) is 0 Å². The highest BCUT2D eigenvalue weighted by Gasteiger charge is 2.08. The number of aryl methyl sites for hydroxylation is 2. The minimum Gasteiger partial charge on any atom is -0.207 e. The van der Waals surface area contributed by atoms with Gasteiger partial charge >= 0.3 is 0 Å². The fourth-order valence-electron chi connectivity index (χ4n) is 4.70. The van der Waals surface area contributed by atoms with Crippen molar-refractivity contribution >= 4 is 0 Å². The Balaban J connectivity index is 1.10. The average molecular weight is 505 g/mol. The Morgan fingerprint density at radius 1 is 0.378 bits per heavy atom. The number of unbranched alkanes of at least 4 members (excludes halogenated alkanes) is 6. The van der Waals surface area contributed by atoms with Gasteiger partial charge in [-0.1, -0.05) is 80.6 Å². The minimum absolute atomic E-state index is 0.269. The molecule has 0 aromatic heterocycles. The van der Waals surface area contributed by atoms with Crippen molar-refractivity contribution in [2.45, 2.75) is 57.8 Å². The summed E-state index contributed by atoms with van der Waals surface area (Å²) in [5.41, 5.74) is 4.32. The molecular weight excluding hydrogens is 472 g/mol. The smallest absolute Gasteiger partial charge is 0.131 e. The van der Waals surface area contributed by atoms with Crippen LogP contribution in [0, 0.1) is 23.3 Å². The summed E-state index contributed by atoms with van der Waals surface area (Å²) >= 11 is 0. The molecule has 0 radical (unpaired) electrons. The summed E-state index contributed by atoms with van der Waals surface area (Å²) in [5.74, 6) is -1.20. The van der Waals surface area contributed by atoms with Gasteiger partial charge in [-0.15, -0.1) is 0 Å². The standard InChI is InChI=1S/C33H32F4/c34-28-16-12-26(13-17-28)30-20-10-24(22-32(30)36)8-6-4-2-1-3-5-7-9-25-11-21-31(33(37)23-25)27-14-18-29(35)19-15-27/h10-23H,1-9H2. The van der Waals surface area contributed by atoms with Crippen molar-refractivity contribution in [2.24, 2.45) is 0 Å². The van der Waals surface area contributed by atoms with Gasteiger partial charge in [0.15, 0.2) is 0 Å². The predicted octanol–water partition coefficient (Wildman–Crippen LogP) is 10.1. The summed E-state index contributed by atoms with van der Waals surface area (Å²) < 4.78 is 55.2. The molecule has 0 heterocycles. The van der Waals surface area contributed by atoms with Gasteiger partial charge in [-0.25, -0.2) is 17.6 Å². The van der Waals surface area contributed by atoms with Crippen LogP contribution >= 0.6 is 0 Å². The summed E-state index contributed by atoms with van der Waals surface area (Å²) in [7, 11) is 0. The molecule has 192 valence electrons. The van der Waals surface area contributed by atoms with Gasteiger partial charge in [-0.2, -0.15) is 0 Å². The van der Waals surface area contributed by atoms with Gasteiger partial charge in [0, 0.05) is 11.1 Å². The lowest BCUT2D eigenvalue weighted by Gasteiger charge is -2.08. The molecule has 0 spiro atoms. The second kappa shape index (κ2) is 13.2. The first-order valence-corrected chi connectivity index (χ1v) is 13.1. The highest BCUT2D eigenvalue weighted by molar-refractivity contribution is 5.65. The predicted molar refractivity (Wildman–Crippen MR) is 143 cm³/mol. The number of rotatable bonds is 12. The molecular formula is C33H32F4. The Morgan fingerprint density at radius 2 is 0.730 bits per heavy atom. The van der Waals surface area contributed by atoms with Gasteiger partial charge < -0.3 is 0 Å². The molecule has 0 atom stereocenters.